The monoisotopic (exact) mass is 294 g/mol. The Kier molecular flexibility index (Phi) is 7.72. The van der Waals surface area contributed by atoms with Gasteiger partial charge in [-0.05, 0) is 45.0 Å². The number of nitrogens with two attached hydrogens (primary N) is 1. The van der Waals surface area contributed by atoms with E-state index in [9.17, 15) is 0 Å². The molecule has 0 aliphatic carbocycles. The standard InChI is InChI=1S/C17H30N2O2/c1-6-16(18)17(19(4)10-11-21-13(2)3)14-8-7-9-15(12-14)20-5/h7-9,12-13,16-17H,6,10-11,18H2,1-5H3. The van der Waals surface area contributed by atoms with Gasteiger partial charge in [0.2, 0.25) is 0 Å². The van der Waals surface area contributed by atoms with Crippen LogP contribution in [0.4, 0.5) is 0 Å². The first-order chi connectivity index (χ1) is 9.99. The lowest BCUT2D eigenvalue weighted by molar-refractivity contribution is 0.0526. The van der Waals surface area contributed by atoms with Gasteiger partial charge < -0.3 is 15.2 Å². The lowest BCUT2D eigenvalue weighted by Gasteiger charge is -2.33. The largest absolute Gasteiger partial charge is 0.497 e. The zero-order chi connectivity index (χ0) is 15.8. The maximum absolute atomic E-state index is 6.35. The summed E-state index contributed by atoms with van der Waals surface area (Å²) in [7, 11) is 3.79. The number of ether oxygens (including phenoxy) is 2. The molecule has 1 aromatic carbocycles. The summed E-state index contributed by atoms with van der Waals surface area (Å²) < 4.78 is 11.0. The predicted octanol–water partition coefficient (Wildman–Crippen LogP) is 2.83. The Balaban J connectivity index is 2.83. The van der Waals surface area contributed by atoms with Crippen molar-refractivity contribution in [1.82, 2.24) is 4.90 Å². The lowest BCUT2D eigenvalue weighted by atomic mass is 9.96. The van der Waals surface area contributed by atoms with Crippen LogP contribution in [0, 0.1) is 0 Å². The third-order valence-corrected chi connectivity index (χ3v) is 3.68. The van der Waals surface area contributed by atoms with Crippen molar-refractivity contribution in [1.29, 1.82) is 0 Å². The molecule has 0 heterocycles. The minimum absolute atomic E-state index is 0.0844. The third kappa shape index (κ3) is 5.65. The highest BCUT2D eigenvalue weighted by atomic mass is 16.5. The summed E-state index contributed by atoms with van der Waals surface area (Å²) in [4.78, 5) is 2.27. The van der Waals surface area contributed by atoms with E-state index < -0.39 is 0 Å². The zero-order valence-corrected chi connectivity index (χ0v) is 14.0. The normalized spacial score (nSPS) is 14.5. The van der Waals surface area contributed by atoms with E-state index in [0.717, 1.165) is 18.7 Å². The SMILES string of the molecule is CCC(N)C(c1cccc(OC)c1)N(C)CCOC(C)C. The van der Waals surface area contributed by atoms with Crippen molar-refractivity contribution in [2.24, 2.45) is 5.73 Å². The molecule has 2 N–H and O–H groups in total. The molecular weight excluding hydrogens is 264 g/mol. The summed E-state index contributed by atoms with van der Waals surface area (Å²) in [6, 6.07) is 8.41. The highest BCUT2D eigenvalue weighted by Crippen LogP contribution is 2.26. The van der Waals surface area contributed by atoms with Gasteiger partial charge in [0, 0.05) is 18.6 Å². The van der Waals surface area contributed by atoms with E-state index in [2.05, 4.69) is 44.9 Å². The van der Waals surface area contributed by atoms with Gasteiger partial charge in [0.05, 0.1) is 19.8 Å². The second kappa shape index (κ2) is 9.03. The Labute approximate surface area is 129 Å². The van der Waals surface area contributed by atoms with Crippen LogP contribution in [0.15, 0.2) is 24.3 Å². The molecule has 120 valence electrons. The summed E-state index contributed by atoms with van der Waals surface area (Å²) in [6.07, 6.45) is 1.19. The van der Waals surface area contributed by atoms with Crippen molar-refractivity contribution < 1.29 is 9.47 Å². The van der Waals surface area contributed by atoms with E-state index in [0.29, 0.717) is 6.61 Å². The highest BCUT2D eigenvalue weighted by Gasteiger charge is 2.23. The molecule has 2 atom stereocenters. The minimum atomic E-state index is 0.0844. The van der Waals surface area contributed by atoms with E-state index >= 15 is 0 Å². The molecule has 4 nitrogen and oxygen atoms in total. The lowest BCUT2D eigenvalue weighted by Crippen LogP contribution is -2.40. The van der Waals surface area contributed by atoms with E-state index in [1.807, 2.05) is 12.1 Å². The average Bonchev–Trinajstić information content (AvgIpc) is 2.47. The minimum Gasteiger partial charge on any atom is -0.497 e. The molecule has 2 unspecified atom stereocenters. The molecule has 0 spiro atoms. The van der Waals surface area contributed by atoms with Crippen molar-refractivity contribution in [3.8, 4) is 5.75 Å². The number of hydrogen-bond acceptors (Lipinski definition) is 4. The molecule has 0 aliphatic heterocycles. The van der Waals surface area contributed by atoms with Gasteiger partial charge in [-0.15, -0.1) is 0 Å². The molecule has 0 aliphatic rings. The van der Waals surface area contributed by atoms with E-state index in [1.165, 1.54) is 5.56 Å². The van der Waals surface area contributed by atoms with Crippen LogP contribution in [-0.2, 0) is 4.74 Å². The number of benzene rings is 1. The van der Waals surface area contributed by atoms with Crippen LogP contribution in [0.25, 0.3) is 0 Å². The Bertz CT molecular complexity index is 410. The number of rotatable bonds is 9. The van der Waals surface area contributed by atoms with Gasteiger partial charge in [0.15, 0.2) is 0 Å². The Morgan fingerprint density at radius 1 is 1.29 bits per heavy atom. The van der Waals surface area contributed by atoms with E-state index in [1.54, 1.807) is 7.11 Å². The van der Waals surface area contributed by atoms with Crippen LogP contribution in [0.5, 0.6) is 5.75 Å². The fraction of sp³-hybridized carbons (Fsp3) is 0.647. The first kappa shape index (κ1) is 18.0. The highest BCUT2D eigenvalue weighted by molar-refractivity contribution is 5.31. The third-order valence-electron chi connectivity index (χ3n) is 3.68. The summed E-state index contributed by atoms with van der Waals surface area (Å²) in [5.74, 6) is 0.868. The van der Waals surface area contributed by atoms with Gasteiger partial charge in [-0.3, -0.25) is 4.90 Å². The molecule has 0 aromatic heterocycles. The van der Waals surface area contributed by atoms with Gasteiger partial charge in [-0.25, -0.2) is 0 Å². The summed E-state index contributed by atoms with van der Waals surface area (Å²) in [5.41, 5.74) is 7.54. The Morgan fingerprint density at radius 2 is 2.00 bits per heavy atom. The Hall–Kier alpha value is -1.10. The van der Waals surface area contributed by atoms with Crippen LogP contribution in [0.3, 0.4) is 0 Å². The van der Waals surface area contributed by atoms with Crippen molar-refractivity contribution >= 4 is 0 Å². The molecule has 0 radical (unpaired) electrons. The number of nitrogens with zero attached hydrogens (tertiary/aromatic N) is 1. The molecular formula is C17H30N2O2. The van der Waals surface area contributed by atoms with E-state index in [-0.39, 0.29) is 18.2 Å². The Morgan fingerprint density at radius 3 is 2.57 bits per heavy atom. The summed E-state index contributed by atoms with van der Waals surface area (Å²) >= 11 is 0. The number of hydrogen-bond donors (Lipinski definition) is 1. The molecule has 0 saturated carbocycles. The number of likely N-dealkylation sites (N-methyl/N-ethyl adjacent to an activating group) is 1. The molecule has 4 heteroatoms. The fourth-order valence-corrected chi connectivity index (χ4v) is 2.45. The first-order valence-electron chi connectivity index (χ1n) is 7.71. The van der Waals surface area contributed by atoms with Crippen LogP contribution < -0.4 is 10.5 Å². The first-order valence-corrected chi connectivity index (χ1v) is 7.71. The summed E-state index contributed by atoms with van der Waals surface area (Å²) in [5, 5.41) is 0. The van der Waals surface area contributed by atoms with Crippen LogP contribution >= 0.6 is 0 Å². The molecule has 0 saturated heterocycles. The van der Waals surface area contributed by atoms with Crippen LogP contribution in [0.2, 0.25) is 0 Å². The zero-order valence-electron chi connectivity index (χ0n) is 14.0. The summed E-state index contributed by atoms with van der Waals surface area (Å²) in [6.45, 7) is 7.80. The molecule has 0 fully saturated rings. The van der Waals surface area contributed by atoms with Crippen molar-refractivity contribution in [2.45, 2.75) is 45.4 Å². The van der Waals surface area contributed by atoms with Crippen LogP contribution in [-0.4, -0.2) is 44.4 Å². The van der Waals surface area contributed by atoms with Crippen molar-refractivity contribution in [3.05, 3.63) is 29.8 Å². The van der Waals surface area contributed by atoms with Crippen molar-refractivity contribution in [2.75, 3.05) is 27.3 Å². The number of methoxy groups -OCH3 is 1. The smallest absolute Gasteiger partial charge is 0.119 e. The molecule has 21 heavy (non-hydrogen) atoms. The average molecular weight is 294 g/mol. The predicted molar refractivity (Wildman–Crippen MR) is 87.7 cm³/mol. The van der Waals surface area contributed by atoms with Gasteiger partial charge in [-0.1, -0.05) is 19.1 Å². The topological polar surface area (TPSA) is 47.7 Å². The second-order valence-corrected chi connectivity index (χ2v) is 5.69. The van der Waals surface area contributed by atoms with Crippen LogP contribution in [0.1, 0.15) is 38.8 Å². The molecule has 1 aromatic rings. The van der Waals surface area contributed by atoms with E-state index in [4.69, 9.17) is 15.2 Å². The van der Waals surface area contributed by atoms with Gasteiger partial charge in [-0.2, -0.15) is 0 Å². The fourth-order valence-electron chi connectivity index (χ4n) is 2.45. The molecule has 1 rings (SSSR count). The van der Waals surface area contributed by atoms with Gasteiger partial charge in [0.25, 0.3) is 0 Å². The molecule has 0 bridgehead atoms. The van der Waals surface area contributed by atoms with Gasteiger partial charge >= 0.3 is 0 Å². The molecule has 0 amide bonds. The van der Waals surface area contributed by atoms with Gasteiger partial charge in [0.1, 0.15) is 5.75 Å². The second-order valence-electron chi connectivity index (χ2n) is 5.69. The maximum Gasteiger partial charge on any atom is 0.119 e. The maximum atomic E-state index is 6.35. The quantitative estimate of drug-likeness (QED) is 0.761. The van der Waals surface area contributed by atoms with Crippen molar-refractivity contribution in [3.63, 3.8) is 0 Å².